The minimum atomic E-state index is -0.133. The zero-order valence-corrected chi connectivity index (χ0v) is 37.4. The number of nitrogens with zero attached hydrogens (tertiary/aromatic N) is 2. The van der Waals surface area contributed by atoms with E-state index in [2.05, 4.69) is 220 Å². The minimum absolute atomic E-state index is 0.0196. The molecule has 0 saturated heterocycles. The lowest BCUT2D eigenvalue weighted by molar-refractivity contribution is 0.391. The number of hydrogen-bond acceptors (Lipinski definition) is 2. The van der Waals surface area contributed by atoms with Crippen LogP contribution in [-0.4, -0.2) is 6.54 Å². The number of benzene rings is 7. The van der Waals surface area contributed by atoms with Gasteiger partial charge in [0.2, 0.25) is 0 Å². The molecule has 4 aliphatic carbocycles. The average molecular weight is 827 g/mol. The van der Waals surface area contributed by atoms with Crippen LogP contribution in [0.3, 0.4) is 0 Å². The summed E-state index contributed by atoms with van der Waals surface area (Å²) in [5.41, 5.74) is 24.6. The Morgan fingerprint density at radius 2 is 1.12 bits per heavy atom. The summed E-state index contributed by atoms with van der Waals surface area (Å²) in [6.07, 6.45) is 16.6. The Bertz CT molecular complexity index is 3110. The molecule has 13 rings (SSSR count). The van der Waals surface area contributed by atoms with E-state index in [0.717, 1.165) is 19.4 Å². The number of hydrogen-bond donors (Lipinski definition) is 0. The molecule has 2 atom stereocenters. The third-order valence-corrected chi connectivity index (χ3v) is 16.4. The second-order valence-electron chi connectivity index (χ2n) is 20.5. The normalized spacial score (nSPS) is 20.8. The molecule has 2 heterocycles. The number of rotatable bonds is 4. The van der Waals surface area contributed by atoms with Crippen LogP contribution in [0, 0.1) is 5.92 Å². The van der Waals surface area contributed by atoms with Gasteiger partial charge < -0.3 is 9.80 Å². The van der Waals surface area contributed by atoms with Crippen LogP contribution in [0.4, 0.5) is 22.7 Å². The molecule has 0 aromatic heterocycles. The zero-order valence-electron chi connectivity index (χ0n) is 37.4. The van der Waals surface area contributed by atoms with E-state index in [1.165, 1.54) is 114 Å². The quantitative estimate of drug-likeness (QED) is 0.163. The molecule has 0 fully saturated rings. The Morgan fingerprint density at radius 3 is 1.83 bits per heavy atom. The summed E-state index contributed by atoms with van der Waals surface area (Å²) in [6.45, 7) is 10.8. The Balaban J connectivity index is 0.850. The van der Waals surface area contributed by atoms with Crippen molar-refractivity contribution in [3.05, 3.63) is 237 Å². The average Bonchev–Trinajstić information content (AvgIpc) is 3.92. The van der Waals surface area contributed by atoms with Gasteiger partial charge in [0.05, 0.1) is 11.4 Å². The first-order chi connectivity index (χ1) is 31.2. The fraction of sp³-hybridized carbons (Fsp3) is 0.226. The first kappa shape index (κ1) is 37.9. The van der Waals surface area contributed by atoms with E-state index in [1.54, 1.807) is 0 Å². The van der Waals surface area contributed by atoms with E-state index in [1.807, 2.05) is 0 Å². The Morgan fingerprint density at radius 1 is 0.547 bits per heavy atom. The molecule has 7 aromatic rings. The molecule has 0 radical (unpaired) electrons. The smallest absolute Gasteiger partial charge is 0.0502 e. The van der Waals surface area contributed by atoms with Crippen LogP contribution in [0.2, 0.25) is 0 Å². The van der Waals surface area contributed by atoms with Gasteiger partial charge in [-0.05, 0) is 146 Å². The number of allylic oxidation sites excluding steroid dienone is 3. The molecular weight excluding hydrogens is 773 g/mol. The van der Waals surface area contributed by atoms with Crippen molar-refractivity contribution in [2.75, 3.05) is 16.3 Å². The van der Waals surface area contributed by atoms with Crippen molar-refractivity contribution in [2.24, 2.45) is 5.92 Å². The highest BCUT2D eigenvalue weighted by Crippen LogP contribution is 2.59. The van der Waals surface area contributed by atoms with Gasteiger partial charge >= 0.3 is 0 Å². The number of anilines is 4. The first-order valence-corrected chi connectivity index (χ1v) is 23.6. The summed E-state index contributed by atoms with van der Waals surface area (Å²) in [6, 6.07) is 58.0. The summed E-state index contributed by atoms with van der Waals surface area (Å²) in [4.78, 5) is 5.09. The molecule has 0 saturated carbocycles. The monoisotopic (exact) mass is 826 g/mol. The maximum absolute atomic E-state index is 2.59. The highest BCUT2D eigenvalue weighted by molar-refractivity contribution is 5.90. The SMILES string of the molecule is CC1(C)c2ccccc2N(c2ccc3c(c2)C2(Cc4ccccc4C2)c2cc(/C=C/c4ccc5c(c4)C(C)(C)C4C=C(N6CCCc7ccccc76)C=CC54)ccc2-3)c2ccccc21. The molecule has 0 N–H and O–H groups in total. The van der Waals surface area contributed by atoms with E-state index >= 15 is 0 Å². The molecule has 2 unspecified atom stereocenters. The highest BCUT2D eigenvalue weighted by atomic mass is 15.2. The van der Waals surface area contributed by atoms with Crippen LogP contribution >= 0.6 is 0 Å². The Kier molecular flexibility index (Phi) is 8.10. The van der Waals surface area contributed by atoms with Gasteiger partial charge in [-0.15, -0.1) is 0 Å². The van der Waals surface area contributed by atoms with Crippen molar-refractivity contribution in [3.63, 3.8) is 0 Å². The van der Waals surface area contributed by atoms with Gasteiger partial charge in [0.25, 0.3) is 0 Å². The zero-order chi connectivity index (χ0) is 43.0. The van der Waals surface area contributed by atoms with Gasteiger partial charge in [-0.1, -0.05) is 173 Å². The first-order valence-electron chi connectivity index (χ1n) is 23.6. The van der Waals surface area contributed by atoms with E-state index in [0.29, 0.717) is 11.8 Å². The topological polar surface area (TPSA) is 6.48 Å². The third-order valence-electron chi connectivity index (χ3n) is 16.4. The largest absolute Gasteiger partial charge is 0.342 e. The maximum atomic E-state index is 2.59. The number of fused-ring (bicyclic) bond motifs is 12. The Hall–Kier alpha value is -6.64. The summed E-state index contributed by atoms with van der Waals surface area (Å²) >= 11 is 0. The lowest BCUT2D eigenvalue weighted by Gasteiger charge is -2.42. The van der Waals surface area contributed by atoms with Gasteiger partial charge in [0.1, 0.15) is 0 Å². The molecule has 312 valence electrons. The van der Waals surface area contributed by atoms with Gasteiger partial charge in [0, 0.05) is 40.4 Å². The molecular formula is C62H54N2. The van der Waals surface area contributed by atoms with E-state index in [4.69, 9.17) is 0 Å². The van der Waals surface area contributed by atoms with Crippen LogP contribution in [0.5, 0.6) is 0 Å². The second kappa shape index (κ2) is 13.7. The lowest BCUT2D eigenvalue weighted by Crippen LogP contribution is -2.32. The van der Waals surface area contributed by atoms with Crippen molar-refractivity contribution >= 4 is 34.9 Å². The molecule has 2 aliphatic heterocycles. The van der Waals surface area contributed by atoms with Crippen molar-refractivity contribution in [1.29, 1.82) is 0 Å². The molecule has 0 amide bonds. The van der Waals surface area contributed by atoms with Crippen molar-refractivity contribution in [3.8, 4) is 11.1 Å². The molecule has 1 spiro atoms. The summed E-state index contributed by atoms with van der Waals surface area (Å²) < 4.78 is 0. The van der Waals surface area contributed by atoms with E-state index < -0.39 is 0 Å². The van der Waals surface area contributed by atoms with Gasteiger partial charge in [-0.2, -0.15) is 0 Å². The van der Waals surface area contributed by atoms with Crippen molar-refractivity contribution in [2.45, 2.75) is 75.5 Å². The molecule has 7 aromatic carbocycles. The highest BCUT2D eigenvalue weighted by Gasteiger charge is 2.49. The second-order valence-corrected chi connectivity index (χ2v) is 20.5. The fourth-order valence-electron chi connectivity index (χ4n) is 13.2. The van der Waals surface area contributed by atoms with Crippen LogP contribution < -0.4 is 9.80 Å². The third kappa shape index (κ3) is 5.38. The lowest BCUT2D eigenvalue weighted by atomic mass is 9.73. The standard InChI is InChI=1S/C62H54N2/c1-60(2)51-18-8-11-21-58(51)64(59-22-12-9-19-52(59)60)46-28-32-50-49-30-26-41(35-55(49)62(56(50)37-46)38-43-15-5-6-16-44(43)39-62)24-23-40-25-29-47-48-31-27-45(36-54(48)61(3,4)53(47)34-40)63-33-13-17-42-14-7-10-20-57(42)63/h5-12,14-16,18-32,34-37,48,54H,13,17,33,38-39H2,1-4H3/b24-23+. The van der Waals surface area contributed by atoms with E-state index in [-0.39, 0.29) is 16.2 Å². The van der Waals surface area contributed by atoms with Crippen LogP contribution in [0.15, 0.2) is 176 Å². The summed E-state index contributed by atoms with van der Waals surface area (Å²) in [5, 5.41) is 0. The Labute approximate surface area is 378 Å². The van der Waals surface area contributed by atoms with E-state index in [9.17, 15) is 0 Å². The van der Waals surface area contributed by atoms with Crippen LogP contribution in [-0.2, 0) is 35.5 Å². The van der Waals surface area contributed by atoms with Gasteiger partial charge in [-0.25, -0.2) is 0 Å². The maximum Gasteiger partial charge on any atom is 0.0502 e. The molecule has 0 bridgehead atoms. The van der Waals surface area contributed by atoms with Crippen LogP contribution in [0.25, 0.3) is 23.3 Å². The molecule has 64 heavy (non-hydrogen) atoms. The molecule has 6 aliphatic rings. The predicted molar refractivity (Wildman–Crippen MR) is 267 cm³/mol. The number of para-hydroxylation sites is 3. The van der Waals surface area contributed by atoms with Gasteiger partial charge in [0.15, 0.2) is 0 Å². The summed E-state index contributed by atoms with van der Waals surface area (Å²) in [7, 11) is 0. The molecule has 2 nitrogen and oxygen atoms in total. The minimum Gasteiger partial charge on any atom is -0.342 e. The van der Waals surface area contributed by atoms with Crippen molar-refractivity contribution in [1.82, 2.24) is 0 Å². The number of aryl methyl sites for hydroxylation is 1. The summed E-state index contributed by atoms with van der Waals surface area (Å²) in [5.74, 6) is 0.830. The fourth-order valence-corrected chi connectivity index (χ4v) is 13.2. The predicted octanol–water partition coefficient (Wildman–Crippen LogP) is 14.9. The van der Waals surface area contributed by atoms with Crippen molar-refractivity contribution < 1.29 is 0 Å². The van der Waals surface area contributed by atoms with Crippen LogP contribution in [0.1, 0.15) is 101 Å². The van der Waals surface area contributed by atoms with Gasteiger partial charge in [-0.3, -0.25) is 0 Å². The molecule has 2 heteroatoms.